The summed E-state index contributed by atoms with van der Waals surface area (Å²) < 4.78 is 5.25. The van der Waals surface area contributed by atoms with Crippen molar-refractivity contribution in [1.29, 1.82) is 0 Å². The van der Waals surface area contributed by atoms with E-state index in [9.17, 15) is 14.7 Å². The molecule has 0 aliphatic carbocycles. The monoisotopic (exact) mass is 375 g/mol. The van der Waals surface area contributed by atoms with E-state index in [2.05, 4.69) is 4.90 Å². The van der Waals surface area contributed by atoms with Crippen LogP contribution in [0.2, 0.25) is 0 Å². The minimum Gasteiger partial charge on any atom is -0.497 e. The van der Waals surface area contributed by atoms with Crippen LogP contribution in [0.5, 0.6) is 5.75 Å². The lowest BCUT2D eigenvalue weighted by molar-refractivity contribution is -0.136. The van der Waals surface area contributed by atoms with Gasteiger partial charge in [0.05, 0.1) is 20.3 Å². The number of urea groups is 1. The van der Waals surface area contributed by atoms with Gasteiger partial charge in [0.2, 0.25) is 0 Å². The van der Waals surface area contributed by atoms with Gasteiger partial charge in [0, 0.05) is 25.7 Å². The predicted octanol–water partition coefficient (Wildman–Crippen LogP) is 1.69. The average Bonchev–Trinajstić information content (AvgIpc) is 2.89. The molecule has 2 saturated heterocycles. The molecule has 1 spiro atoms. The molecular weight excluding hydrogens is 346 g/mol. The number of amides is 3. The summed E-state index contributed by atoms with van der Waals surface area (Å²) in [6.07, 6.45) is 1.20. The molecule has 0 radical (unpaired) electrons. The number of carbonyl (C=O) groups is 2. The van der Waals surface area contributed by atoms with Crippen LogP contribution in [-0.2, 0) is 11.3 Å². The van der Waals surface area contributed by atoms with Crippen molar-refractivity contribution in [2.75, 3.05) is 33.4 Å². The lowest BCUT2D eigenvalue weighted by Gasteiger charge is -2.43. The highest BCUT2D eigenvalue weighted by Crippen LogP contribution is 2.38. The molecule has 148 valence electrons. The lowest BCUT2D eigenvalue weighted by Crippen LogP contribution is -2.58. The van der Waals surface area contributed by atoms with Crippen molar-refractivity contribution in [1.82, 2.24) is 14.7 Å². The van der Waals surface area contributed by atoms with Crippen LogP contribution in [-0.4, -0.2) is 76.7 Å². The van der Waals surface area contributed by atoms with Gasteiger partial charge in [0.1, 0.15) is 11.3 Å². The Morgan fingerprint density at radius 1 is 1.26 bits per heavy atom. The number of likely N-dealkylation sites (N-methyl/N-ethyl adjacent to an activating group) is 1. The molecule has 1 N–H and O–H groups in total. The number of nitrogens with zero attached hydrogens (tertiary/aromatic N) is 3. The summed E-state index contributed by atoms with van der Waals surface area (Å²) in [6.45, 7) is 6.16. The molecule has 2 fully saturated rings. The van der Waals surface area contributed by atoms with E-state index < -0.39 is 5.54 Å². The number of rotatable bonds is 6. The van der Waals surface area contributed by atoms with Crippen LogP contribution in [0.4, 0.5) is 4.79 Å². The molecule has 0 saturated carbocycles. The number of benzene rings is 1. The average molecular weight is 375 g/mol. The molecule has 2 aliphatic heterocycles. The first-order chi connectivity index (χ1) is 13.0. The first kappa shape index (κ1) is 19.6. The highest BCUT2D eigenvalue weighted by Gasteiger charge is 2.57. The van der Waals surface area contributed by atoms with Crippen LogP contribution >= 0.6 is 0 Å². The molecule has 2 aliphatic rings. The summed E-state index contributed by atoms with van der Waals surface area (Å²) in [6, 6.07) is 7.31. The van der Waals surface area contributed by atoms with E-state index in [4.69, 9.17) is 4.74 Å². The van der Waals surface area contributed by atoms with Crippen LogP contribution < -0.4 is 4.74 Å². The van der Waals surface area contributed by atoms with Crippen molar-refractivity contribution < 1.29 is 19.4 Å². The molecular formula is C20H29N3O4. The van der Waals surface area contributed by atoms with Crippen molar-refractivity contribution in [3.63, 3.8) is 0 Å². The second kappa shape index (κ2) is 7.86. The number of carbonyl (C=O) groups excluding carboxylic acids is 2. The smallest absolute Gasteiger partial charge is 0.327 e. The van der Waals surface area contributed by atoms with E-state index >= 15 is 0 Å². The third-order valence-corrected chi connectivity index (χ3v) is 5.93. The largest absolute Gasteiger partial charge is 0.497 e. The summed E-state index contributed by atoms with van der Waals surface area (Å²) in [4.78, 5) is 31.6. The van der Waals surface area contributed by atoms with Crippen molar-refractivity contribution in [2.45, 2.75) is 44.8 Å². The molecule has 2 heterocycles. The quantitative estimate of drug-likeness (QED) is 0.766. The van der Waals surface area contributed by atoms with Gasteiger partial charge in [-0.1, -0.05) is 12.1 Å². The van der Waals surface area contributed by atoms with E-state index in [1.165, 1.54) is 4.90 Å². The fraction of sp³-hybridized carbons (Fsp3) is 0.600. The predicted molar refractivity (Wildman–Crippen MR) is 101 cm³/mol. The third kappa shape index (κ3) is 3.41. The number of aliphatic hydroxyl groups excluding tert-OH is 1. The Morgan fingerprint density at radius 3 is 2.56 bits per heavy atom. The Hall–Kier alpha value is -2.12. The van der Waals surface area contributed by atoms with E-state index in [0.29, 0.717) is 38.2 Å². The molecule has 0 bridgehead atoms. The maximum atomic E-state index is 13.3. The number of hydrogen-bond acceptors (Lipinski definition) is 5. The van der Waals surface area contributed by atoms with Gasteiger partial charge in [-0.2, -0.15) is 0 Å². The van der Waals surface area contributed by atoms with Crippen LogP contribution in [0.1, 0.15) is 32.3 Å². The van der Waals surface area contributed by atoms with Crippen LogP contribution in [0.25, 0.3) is 0 Å². The van der Waals surface area contributed by atoms with Crippen LogP contribution in [0.15, 0.2) is 24.3 Å². The SMILES string of the molecule is CCN1C(=O)N(Cc2cccc(OC)c2)C(=O)C12CCN(C(C)CO)CC2. The first-order valence-corrected chi connectivity index (χ1v) is 9.58. The highest BCUT2D eigenvalue weighted by molar-refractivity contribution is 6.07. The van der Waals surface area contributed by atoms with E-state index in [1.807, 2.05) is 38.1 Å². The number of ether oxygens (including phenoxy) is 1. The topological polar surface area (TPSA) is 73.3 Å². The molecule has 3 rings (SSSR count). The third-order valence-electron chi connectivity index (χ3n) is 5.93. The van der Waals surface area contributed by atoms with Gasteiger partial charge in [0.15, 0.2) is 0 Å². The van der Waals surface area contributed by atoms with Crippen molar-refractivity contribution in [3.05, 3.63) is 29.8 Å². The normalized spacial score (nSPS) is 21.2. The maximum Gasteiger partial charge on any atom is 0.327 e. The second-order valence-corrected chi connectivity index (χ2v) is 7.37. The Morgan fingerprint density at radius 2 is 1.96 bits per heavy atom. The molecule has 0 aromatic heterocycles. The zero-order valence-electron chi connectivity index (χ0n) is 16.4. The first-order valence-electron chi connectivity index (χ1n) is 9.58. The zero-order chi connectivity index (χ0) is 19.6. The number of imide groups is 1. The van der Waals surface area contributed by atoms with Gasteiger partial charge in [-0.05, 0) is 44.4 Å². The molecule has 1 atom stereocenters. The Labute approximate surface area is 160 Å². The van der Waals surface area contributed by atoms with Gasteiger partial charge < -0.3 is 14.7 Å². The zero-order valence-corrected chi connectivity index (χ0v) is 16.4. The number of hydrogen-bond donors (Lipinski definition) is 1. The summed E-state index contributed by atoms with van der Waals surface area (Å²) in [7, 11) is 1.60. The molecule has 27 heavy (non-hydrogen) atoms. The summed E-state index contributed by atoms with van der Waals surface area (Å²) in [5, 5.41) is 9.39. The van der Waals surface area contributed by atoms with Crippen molar-refractivity contribution in [3.8, 4) is 5.75 Å². The number of likely N-dealkylation sites (tertiary alicyclic amines) is 1. The van der Waals surface area contributed by atoms with E-state index in [1.54, 1.807) is 12.0 Å². The van der Waals surface area contributed by atoms with E-state index in [-0.39, 0.29) is 31.1 Å². The Bertz CT molecular complexity index is 700. The summed E-state index contributed by atoms with van der Waals surface area (Å²) in [5.74, 6) is 0.605. The maximum absolute atomic E-state index is 13.3. The molecule has 1 unspecified atom stereocenters. The van der Waals surface area contributed by atoms with Gasteiger partial charge >= 0.3 is 6.03 Å². The summed E-state index contributed by atoms with van der Waals surface area (Å²) >= 11 is 0. The Kier molecular flexibility index (Phi) is 5.72. The second-order valence-electron chi connectivity index (χ2n) is 7.37. The molecule has 7 heteroatoms. The number of piperidine rings is 1. The minimum absolute atomic E-state index is 0.0671. The molecule has 3 amide bonds. The van der Waals surface area contributed by atoms with Gasteiger partial charge in [-0.25, -0.2) is 4.79 Å². The van der Waals surface area contributed by atoms with Crippen molar-refractivity contribution in [2.24, 2.45) is 0 Å². The lowest BCUT2D eigenvalue weighted by atomic mass is 9.85. The highest BCUT2D eigenvalue weighted by atomic mass is 16.5. The fourth-order valence-corrected chi connectivity index (χ4v) is 4.25. The van der Waals surface area contributed by atoms with Gasteiger partial charge in [-0.15, -0.1) is 0 Å². The van der Waals surface area contributed by atoms with Crippen LogP contribution in [0.3, 0.4) is 0 Å². The van der Waals surface area contributed by atoms with Gasteiger partial charge in [0.25, 0.3) is 5.91 Å². The fourth-order valence-electron chi connectivity index (χ4n) is 4.25. The Balaban J connectivity index is 1.81. The van der Waals surface area contributed by atoms with Crippen LogP contribution in [0, 0.1) is 0 Å². The molecule has 1 aromatic carbocycles. The standard InChI is InChI=1S/C20H29N3O4/c1-4-23-19(26)22(13-16-6-5-7-17(12-16)27-3)18(25)20(23)8-10-21(11-9-20)15(2)14-24/h5-7,12,15,24H,4,8-11,13-14H2,1-3H3. The number of aliphatic hydroxyl groups is 1. The molecule has 7 nitrogen and oxygen atoms in total. The minimum atomic E-state index is -0.754. The van der Waals surface area contributed by atoms with Gasteiger partial charge in [-0.3, -0.25) is 14.6 Å². The number of methoxy groups -OCH3 is 1. The van der Waals surface area contributed by atoms with Crippen molar-refractivity contribution >= 4 is 11.9 Å². The van der Waals surface area contributed by atoms with E-state index in [0.717, 1.165) is 5.56 Å². The molecule has 1 aromatic rings. The summed E-state index contributed by atoms with van der Waals surface area (Å²) in [5.41, 5.74) is 0.117.